The molecule has 152 valence electrons. The van der Waals surface area contributed by atoms with E-state index in [1.807, 2.05) is 36.4 Å². The van der Waals surface area contributed by atoms with Crippen molar-refractivity contribution < 1.29 is 23.5 Å². The molecule has 0 radical (unpaired) electrons. The minimum absolute atomic E-state index is 0.0887. The summed E-state index contributed by atoms with van der Waals surface area (Å²) in [4.78, 5) is 14.6. The van der Waals surface area contributed by atoms with Gasteiger partial charge in [0.25, 0.3) is 5.91 Å². The molecule has 0 aliphatic rings. The first kappa shape index (κ1) is 20.4. The standard InChI is InChI=1S/C22H24N2O5/c1-26-12-11-24(22(25)16-7-5-4-6-8-16)15-17-13-21(29-23-17)19-10-9-18(27-2)14-20(19)28-3/h4-10,13-14H,11-12,15H2,1-3H3. The first-order valence-corrected chi connectivity index (χ1v) is 9.17. The van der Waals surface area contributed by atoms with E-state index in [1.54, 1.807) is 44.4 Å². The number of methoxy groups -OCH3 is 3. The van der Waals surface area contributed by atoms with E-state index in [1.165, 1.54) is 0 Å². The number of carbonyl (C=O) groups excluding carboxylic acids is 1. The summed E-state index contributed by atoms with van der Waals surface area (Å²) in [7, 11) is 4.79. The highest BCUT2D eigenvalue weighted by Gasteiger charge is 2.19. The molecule has 0 bridgehead atoms. The number of aromatic nitrogens is 1. The van der Waals surface area contributed by atoms with Crippen LogP contribution < -0.4 is 9.47 Å². The zero-order chi connectivity index (χ0) is 20.6. The molecule has 29 heavy (non-hydrogen) atoms. The normalized spacial score (nSPS) is 10.6. The molecule has 3 rings (SSSR count). The summed E-state index contributed by atoms with van der Waals surface area (Å²) in [6, 6.07) is 16.4. The third kappa shape index (κ3) is 4.94. The van der Waals surface area contributed by atoms with E-state index >= 15 is 0 Å². The summed E-state index contributed by atoms with van der Waals surface area (Å²) in [6.45, 7) is 1.17. The molecule has 0 spiro atoms. The van der Waals surface area contributed by atoms with E-state index < -0.39 is 0 Å². The van der Waals surface area contributed by atoms with E-state index in [0.717, 1.165) is 5.56 Å². The summed E-state index contributed by atoms with van der Waals surface area (Å²) in [6.07, 6.45) is 0. The number of ether oxygens (including phenoxy) is 3. The Morgan fingerprint density at radius 3 is 2.52 bits per heavy atom. The van der Waals surface area contributed by atoms with Gasteiger partial charge in [-0.25, -0.2) is 0 Å². The Morgan fingerprint density at radius 1 is 1.03 bits per heavy atom. The number of rotatable bonds is 9. The Morgan fingerprint density at radius 2 is 1.83 bits per heavy atom. The van der Waals surface area contributed by atoms with E-state index in [4.69, 9.17) is 18.7 Å². The van der Waals surface area contributed by atoms with Crippen LogP contribution in [-0.4, -0.2) is 50.4 Å². The van der Waals surface area contributed by atoms with Crippen LogP contribution in [0.2, 0.25) is 0 Å². The third-order valence-corrected chi connectivity index (χ3v) is 4.46. The monoisotopic (exact) mass is 396 g/mol. The maximum atomic E-state index is 12.9. The number of nitrogens with zero attached hydrogens (tertiary/aromatic N) is 2. The predicted molar refractivity (Wildman–Crippen MR) is 108 cm³/mol. The fourth-order valence-corrected chi connectivity index (χ4v) is 2.93. The lowest BCUT2D eigenvalue weighted by atomic mass is 10.1. The lowest BCUT2D eigenvalue weighted by molar-refractivity contribution is 0.0676. The van der Waals surface area contributed by atoms with Crippen LogP contribution in [-0.2, 0) is 11.3 Å². The largest absolute Gasteiger partial charge is 0.497 e. The van der Waals surface area contributed by atoms with Gasteiger partial charge in [0.2, 0.25) is 0 Å². The number of carbonyl (C=O) groups is 1. The fraction of sp³-hybridized carbons (Fsp3) is 0.273. The molecule has 3 aromatic rings. The van der Waals surface area contributed by atoms with Crippen molar-refractivity contribution in [1.82, 2.24) is 10.1 Å². The maximum Gasteiger partial charge on any atom is 0.254 e. The summed E-state index contributed by atoms with van der Waals surface area (Å²) in [5.41, 5.74) is 2.01. The highest BCUT2D eigenvalue weighted by molar-refractivity contribution is 5.94. The van der Waals surface area contributed by atoms with Gasteiger partial charge in [0.05, 0.1) is 32.9 Å². The number of hydrogen-bond donors (Lipinski definition) is 0. The van der Waals surface area contributed by atoms with Gasteiger partial charge in [-0.15, -0.1) is 0 Å². The average Bonchev–Trinajstić information content (AvgIpc) is 3.24. The van der Waals surface area contributed by atoms with E-state index in [0.29, 0.717) is 48.2 Å². The number of benzene rings is 2. The van der Waals surface area contributed by atoms with Crippen molar-refractivity contribution in [3.63, 3.8) is 0 Å². The summed E-state index contributed by atoms with van der Waals surface area (Å²) in [5, 5.41) is 4.14. The zero-order valence-electron chi connectivity index (χ0n) is 16.8. The average molecular weight is 396 g/mol. The molecule has 1 amide bonds. The molecule has 0 fully saturated rings. The predicted octanol–water partition coefficient (Wildman–Crippen LogP) is 3.65. The van der Waals surface area contributed by atoms with E-state index in [2.05, 4.69) is 5.16 Å². The molecule has 1 heterocycles. The summed E-state index contributed by atoms with van der Waals surface area (Å²) < 4.78 is 21.3. The second-order valence-electron chi connectivity index (χ2n) is 6.33. The van der Waals surface area contributed by atoms with E-state index in [9.17, 15) is 4.79 Å². The van der Waals surface area contributed by atoms with Crippen LogP contribution in [0.15, 0.2) is 59.1 Å². The summed E-state index contributed by atoms with van der Waals surface area (Å²) >= 11 is 0. The van der Waals surface area contributed by atoms with Gasteiger partial charge in [-0.3, -0.25) is 4.79 Å². The van der Waals surface area contributed by atoms with Crippen LogP contribution >= 0.6 is 0 Å². The Labute approximate surface area is 169 Å². The zero-order valence-corrected chi connectivity index (χ0v) is 16.8. The number of amides is 1. The van der Waals surface area contributed by atoms with Gasteiger partial charge in [-0.05, 0) is 24.3 Å². The second-order valence-corrected chi connectivity index (χ2v) is 6.33. The highest BCUT2D eigenvalue weighted by atomic mass is 16.5. The summed E-state index contributed by atoms with van der Waals surface area (Å²) in [5.74, 6) is 1.76. The third-order valence-electron chi connectivity index (χ3n) is 4.46. The molecule has 2 aromatic carbocycles. The molecular weight excluding hydrogens is 372 g/mol. The van der Waals surface area contributed by atoms with Gasteiger partial charge in [-0.1, -0.05) is 23.4 Å². The molecule has 0 aliphatic heterocycles. The highest BCUT2D eigenvalue weighted by Crippen LogP contribution is 2.33. The molecule has 0 N–H and O–H groups in total. The molecule has 0 saturated heterocycles. The first-order valence-electron chi connectivity index (χ1n) is 9.17. The molecule has 7 heteroatoms. The molecule has 1 aromatic heterocycles. The van der Waals surface area contributed by atoms with Crippen LogP contribution in [0.5, 0.6) is 11.5 Å². The van der Waals surface area contributed by atoms with Gasteiger partial charge >= 0.3 is 0 Å². The minimum atomic E-state index is -0.0887. The van der Waals surface area contributed by atoms with Crippen LogP contribution in [0.25, 0.3) is 11.3 Å². The van der Waals surface area contributed by atoms with Crippen molar-refractivity contribution in [2.24, 2.45) is 0 Å². The van der Waals surface area contributed by atoms with Crippen molar-refractivity contribution in [2.75, 3.05) is 34.5 Å². The second kappa shape index (κ2) is 9.75. The lowest BCUT2D eigenvalue weighted by Crippen LogP contribution is -2.33. The molecule has 0 aliphatic carbocycles. The minimum Gasteiger partial charge on any atom is -0.497 e. The van der Waals surface area contributed by atoms with Crippen molar-refractivity contribution in [1.29, 1.82) is 0 Å². The van der Waals surface area contributed by atoms with Crippen molar-refractivity contribution in [3.05, 3.63) is 65.9 Å². The van der Waals surface area contributed by atoms with Gasteiger partial charge in [0.15, 0.2) is 5.76 Å². The van der Waals surface area contributed by atoms with E-state index in [-0.39, 0.29) is 5.91 Å². The van der Waals surface area contributed by atoms with Crippen LogP contribution in [0, 0.1) is 0 Å². The van der Waals surface area contributed by atoms with Crippen LogP contribution in [0.1, 0.15) is 16.1 Å². The topological polar surface area (TPSA) is 74.0 Å². The molecule has 7 nitrogen and oxygen atoms in total. The Hall–Kier alpha value is -3.32. The van der Waals surface area contributed by atoms with Crippen LogP contribution in [0.4, 0.5) is 0 Å². The lowest BCUT2D eigenvalue weighted by Gasteiger charge is -2.21. The van der Waals surface area contributed by atoms with Crippen molar-refractivity contribution >= 4 is 5.91 Å². The maximum absolute atomic E-state index is 12.9. The van der Waals surface area contributed by atoms with Gasteiger partial charge in [-0.2, -0.15) is 0 Å². The quantitative estimate of drug-likeness (QED) is 0.550. The Kier molecular flexibility index (Phi) is 6.86. The van der Waals surface area contributed by atoms with Crippen molar-refractivity contribution in [2.45, 2.75) is 6.54 Å². The van der Waals surface area contributed by atoms with Crippen molar-refractivity contribution in [3.8, 4) is 22.8 Å². The molecular formula is C22H24N2O5. The first-order chi connectivity index (χ1) is 14.2. The van der Waals surface area contributed by atoms with Gasteiger partial charge in [0.1, 0.15) is 17.2 Å². The Balaban J connectivity index is 1.82. The van der Waals surface area contributed by atoms with Crippen LogP contribution in [0.3, 0.4) is 0 Å². The van der Waals surface area contributed by atoms with Gasteiger partial charge < -0.3 is 23.6 Å². The molecule has 0 atom stereocenters. The fourth-order valence-electron chi connectivity index (χ4n) is 2.93. The molecule has 0 unspecified atom stereocenters. The van der Waals surface area contributed by atoms with Gasteiger partial charge in [0, 0.05) is 31.4 Å². The molecule has 0 saturated carbocycles. The Bertz CT molecular complexity index is 939. The number of hydrogen-bond acceptors (Lipinski definition) is 6. The SMILES string of the molecule is COCCN(Cc1cc(-c2ccc(OC)cc2OC)on1)C(=O)c1ccccc1. The smallest absolute Gasteiger partial charge is 0.254 e.